The topological polar surface area (TPSA) is 50.2 Å². The molecule has 0 atom stereocenters. The summed E-state index contributed by atoms with van der Waals surface area (Å²) in [5.41, 5.74) is 1.05. The molecule has 92 valence electrons. The van der Waals surface area contributed by atoms with Crippen molar-refractivity contribution in [2.24, 2.45) is 5.92 Å². The highest BCUT2D eigenvalue weighted by atomic mass is 16.4. The molecule has 1 N–H and O–H groups in total. The molecule has 3 heteroatoms. The van der Waals surface area contributed by atoms with Crippen molar-refractivity contribution in [1.29, 1.82) is 0 Å². The van der Waals surface area contributed by atoms with Crippen LogP contribution in [0.2, 0.25) is 0 Å². The lowest BCUT2D eigenvalue weighted by Gasteiger charge is -2.37. The molecular weight excluding hydrogens is 214 g/mol. The zero-order chi connectivity index (χ0) is 12.5. The predicted molar refractivity (Wildman–Crippen MR) is 65.9 cm³/mol. The van der Waals surface area contributed by atoms with Crippen LogP contribution in [0.1, 0.15) is 44.5 Å². The molecule has 0 bridgehead atoms. The van der Waals surface area contributed by atoms with Gasteiger partial charge >= 0.3 is 5.97 Å². The van der Waals surface area contributed by atoms with Gasteiger partial charge in [-0.15, -0.1) is 0 Å². The number of carbonyl (C=O) groups is 1. The third kappa shape index (κ3) is 2.19. The largest absolute Gasteiger partial charge is 0.481 e. The van der Waals surface area contributed by atoms with Crippen LogP contribution in [0.3, 0.4) is 0 Å². The average Bonchev–Trinajstić information content (AvgIpc) is 2.14. The maximum absolute atomic E-state index is 11.4. The molecule has 0 saturated heterocycles. The quantitative estimate of drug-likeness (QED) is 0.870. The van der Waals surface area contributed by atoms with Gasteiger partial charge in [-0.2, -0.15) is 0 Å². The zero-order valence-corrected chi connectivity index (χ0v) is 10.4. The molecule has 0 aromatic carbocycles. The molecule has 1 aliphatic rings. The van der Waals surface area contributed by atoms with Gasteiger partial charge in [0.25, 0.3) is 0 Å². The van der Waals surface area contributed by atoms with Crippen molar-refractivity contribution < 1.29 is 9.90 Å². The average molecular weight is 233 g/mol. The number of rotatable bonds is 4. The van der Waals surface area contributed by atoms with Crippen molar-refractivity contribution in [3.05, 3.63) is 29.6 Å². The maximum atomic E-state index is 11.4. The molecule has 0 aliphatic heterocycles. The van der Waals surface area contributed by atoms with Gasteiger partial charge in [0.15, 0.2) is 0 Å². The molecule has 0 amide bonds. The van der Waals surface area contributed by atoms with Crippen molar-refractivity contribution in [3.8, 4) is 0 Å². The van der Waals surface area contributed by atoms with Gasteiger partial charge in [0.1, 0.15) is 5.41 Å². The van der Waals surface area contributed by atoms with Crippen molar-refractivity contribution in [1.82, 2.24) is 4.98 Å². The van der Waals surface area contributed by atoms with Crippen LogP contribution in [0.5, 0.6) is 0 Å². The Morgan fingerprint density at radius 3 is 2.65 bits per heavy atom. The van der Waals surface area contributed by atoms with E-state index in [1.807, 2.05) is 18.2 Å². The molecule has 0 unspecified atom stereocenters. The Balaban J connectivity index is 2.29. The number of hydrogen-bond donors (Lipinski definition) is 1. The van der Waals surface area contributed by atoms with Gasteiger partial charge in [0.2, 0.25) is 0 Å². The van der Waals surface area contributed by atoms with Crippen LogP contribution < -0.4 is 0 Å². The molecule has 0 spiro atoms. The van der Waals surface area contributed by atoms with E-state index in [0.29, 0.717) is 5.92 Å². The van der Waals surface area contributed by atoms with E-state index in [4.69, 9.17) is 0 Å². The first-order chi connectivity index (χ1) is 8.04. The first-order valence-corrected chi connectivity index (χ1v) is 6.24. The van der Waals surface area contributed by atoms with Crippen LogP contribution in [-0.2, 0) is 16.6 Å². The van der Waals surface area contributed by atoms with E-state index in [-0.39, 0.29) is 0 Å². The maximum Gasteiger partial charge on any atom is 0.315 e. The number of aromatic nitrogens is 1. The van der Waals surface area contributed by atoms with Gasteiger partial charge in [-0.05, 0) is 37.3 Å². The molecule has 1 fully saturated rings. The van der Waals surface area contributed by atoms with Crippen LogP contribution in [0, 0.1) is 5.92 Å². The minimum Gasteiger partial charge on any atom is -0.481 e. The van der Waals surface area contributed by atoms with E-state index >= 15 is 0 Å². The highest BCUT2D eigenvalue weighted by molar-refractivity contribution is 5.81. The summed E-state index contributed by atoms with van der Waals surface area (Å²) in [6, 6.07) is 5.78. The third-order valence-electron chi connectivity index (χ3n) is 3.53. The van der Waals surface area contributed by atoms with Crippen LogP contribution in [0.4, 0.5) is 0 Å². The SMILES string of the molecule is CC(C)Cc1cccc(C2(C(=O)O)CCC2)n1. The minimum atomic E-state index is -0.724. The molecule has 2 rings (SSSR count). The van der Waals surface area contributed by atoms with Gasteiger partial charge in [0, 0.05) is 5.69 Å². The number of aliphatic carboxylic acids is 1. The van der Waals surface area contributed by atoms with Crippen LogP contribution in [-0.4, -0.2) is 16.1 Å². The van der Waals surface area contributed by atoms with Gasteiger partial charge < -0.3 is 5.11 Å². The lowest BCUT2D eigenvalue weighted by atomic mass is 9.66. The second-order valence-corrected chi connectivity index (χ2v) is 5.35. The van der Waals surface area contributed by atoms with Gasteiger partial charge in [0.05, 0.1) is 5.69 Å². The summed E-state index contributed by atoms with van der Waals surface area (Å²) in [6.45, 7) is 4.29. The van der Waals surface area contributed by atoms with Crippen LogP contribution in [0.25, 0.3) is 0 Å². The van der Waals surface area contributed by atoms with E-state index in [1.54, 1.807) is 0 Å². The van der Waals surface area contributed by atoms with Crippen LogP contribution >= 0.6 is 0 Å². The summed E-state index contributed by atoms with van der Waals surface area (Å²) in [4.78, 5) is 15.9. The number of hydrogen-bond acceptors (Lipinski definition) is 2. The number of carboxylic acid groups (broad SMARTS) is 1. The standard InChI is InChI=1S/C14H19NO2/c1-10(2)9-11-5-3-6-12(15-11)14(13(16)17)7-4-8-14/h3,5-6,10H,4,7-9H2,1-2H3,(H,16,17). The smallest absolute Gasteiger partial charge is 0.315 e. The molecule has 3 nitrogen and oxygen atoms in total. The minimum absolute atomic E-state index is 0.542. The summed E-state index contributed by atoms with van der Waals surface area (Å²) in [7, 11) is 0. The van der Waals surface area contributed by atoms with Crippen molar-refractivity contribution in [2.45, 2.75) is 44.9 Å². The monoisotopic (exact) mass is 233 g/mol. The Labute approximate surface area is 102 Å². The third-order valence-corrected chi connectivity index (χ3v) is 3.53. The summed E-state index contributed by atoms with van der Waals surface area (Å²) in [6.07, 6.45) is 3.34. The molecular formula is C14H19NO2. The molecule has 1 aliphatic carbocycles. The van der Waals surface area contributed by atoms with Crippen LogP contribution in [0.15, 0.2) is 18.2 Å². The first kappa shape index (κ1) is 12.1. The zero-order valence-electron chi connectivity index (χ0n) is 10.4. The molecule has 1 aromatic rings. The highest BCUT2D eigenvalue weighted by Gasteiger charge is 2.47. The summed E-state index contributed by atoms with van der Waals surface area (Å²) in [5.74, 6) is -0.183. The number of carboxylic acids is 1. The van der Waals surface area contributed by atoms with Gasteiger partial charge in [-0.25, -0.2) is 0 Å². The second-order valence-electron chi connectivity index (χ2n) is 5.35. The summed E-state index contributed by atoms with van der Waals surface area (Å²) < 4.78 is 0. The van der Waals surface area contributed by atoms with E-state index in [2.05, 4.69) is 18.8 Å². The fourth-order valence-corrected chi connectivity index (χ4v) is 2.39. The van der Waals surface area contributed by atoms with E-state index < -0.39 is 11.4 Å². The summed E-state index contributed by atoms with van der Waals surface area (Å²) in [5, 5.41) is 9.37. The first-order valence-electron chi connectivity index (χ1n) is 6.24. The fourth-order valence-electron chi connectivity index (χ4n) is 2.39. The Hall–Kier alpha value is -1.38. The fraction of sp³-hybridized carbons (Fsp3) is 0.571. The Morgan fingerprint density at radius 2 is 2.18 bits per heavy atom. The van der Waals surface area contributed by atoms with Crippen molar-refractivity contribution >= 4 is 5.97 Å². The normalized spacial score (nSPS) is 17.8. The molecule has 1 saturated carbocycles. The predicted octanol–water partition coefficient (Wildman–Crippen LogP) is 2.79. The second kappa shape index (κ2) is 4.47. The number of nitrogens with zero attached hydrogens (tertiary/aromatic N) is 1. The molecule has 1 heterocycles. The highest BCUT2D eigenvalue weighted by Crippen LogP contribution is 2.43. The Kier molecular flexibility index (Phi) is 3.18. The van der Waals surface area contributed by atoms with Gasteiger partial charge in [-0.1, -0.05) is 26.3 Å². The lowest BCUT2D eigenvalue weighted by molar-refractivity contribution is -0.147. The van der Waals surface area contributed by atoms with Gasteiger partial charge in [-0.3, -0.25) is 9.78 Å². The van der Waals surface area contributed by atoms with E-state index in [0.717, 1.165) is 37.1 Å². The van der Waals surface area contributed by atoms with E-state index in [9.17, 15) is 9.90 Å². The molecule has 17 heavy (non-hydrogen) atoms. The number of pyridine rings is 1. The summed E-state index contributed by atoms with van der Waals surface area (Å²) >= 11 is 0. The Bertz CT molecular complexity index is 422. The molecule has 1 aromatic heterocycles. The van der Waals surface area contributed by atoms with E-state index in [1.165, 1.54) is 0 Å². The molecule has 0 radical (unpaired) electrons. The van der Waals surface area contributed by atoms with Crippen molar-refractivity contribution in [2.75, 3.05) is 0 Å². The lowest BCUT2D eigenvalue weighted by Crippen LogP contribution is -2.43. The van der Waals surface area contributed by atoms with Crippen molar-refractivity contribution in [3.63, 3.8) is 0 Å². The Morgan fingerprint density at radius 1 is 1.47 bits per heavy atom.